The fraction of sp³-hybridized carbons (Fsp3) is 0.0566. The molecule has 11 rings (SSSR count). The van der Waals surface area contributed by atoms with Gasteiger partial charge in [-0.15, -0.1) is 0 Å². The molecule has 0 spiro atoms. The van der Waals surface area contributed by atoms with Crippen LogP contribution in [0, 0.1) is 0 Å². The van der Waals surface area contributed by atoms with Crippen molar-refractivity contribution in [2.75, 3.05) is 0 Å². The highest BCUT2D eigenvalue weighted by Crippen LogP contribution is 2.51. The SMILES string of the molecule is CC1(C)c2cc(-c3ccccc3)ccc2-c2ccc(-c3ccc4cc(-c5cccc(-c6ccc7c8c(cccc68)-c6ccccc6-7)c5)ccc4c3)cc21. The molecule has 0 heteroatoms. The predicted molar refractivity (Wildman–Crippen MR) is 225 cm³/mol. The van der Waals surface area contributed by atoms with Gasteiger partial charge in [-0.3, -0.25) is 0 Å². The summed E-state index contributed by atoms with van der Waals surface area (Å²) in [6.07, 6.45) is 0. The maximum atomic E-state index is 2.43. The molecule has 0 saturated carbocycles. The molecule has 0 fully saturated rings. The lowest BCUT2D eigenvalue weighted by molar-refractivity contribution is 0.661. The van der Waals surface area contributed by atoms with E-state index in [1.807, 2.05) is 0 Å². The molecule has 0 bridgehead atoms. The van der Waals surface area contributed by atoms with Gasteiger partial charge in [-0.25, -0.2) is 0 Å². The number of benzene rings is 9. The Morgan fingerprint density at radius 3 is 1.42 bits per heavy atom. The topological polar surface area (TPSA) is 0 Å². The molecule has 2 aliphatic rings. The largest absolute Gasteiger partial charge is 0.0622 e. The van der Waals surface area contributed by atoms with Gasteiger partial charge < -0.3 is 0 Å². The van der Waals surface area contributed by atoms with Crippen LogP contribution in [0.3, 0.4) is 0 Å². The molecule has 0 saturated heterocycles. The van der Waals surface area contributed by atoms with Gasteiger partial charge in [-0.2, -0.15) is 0 Å². The van der Waals surface area contributed by atoms with Crippen molar-refractivity contribution in [3.05, 3.63) is 193 Å². The second-order valence-electron chi connectivity index (χ2n) is 15.3. The summed E-state index contributed by atoms with van der Waals surface area (Å²) >= 11 is 0. The van der Waals surface area contributed by atoms with E-state index in [0.29, 0.717) is 0 Å². The van der Waals surface area contributed by atoms with Crippen LogP contribution in [0.25, 0.3) is 99.4 Å². The molecule has 53 heavy (non-hydrogen) atoms. The number of hydrogen-bond acceptors (Lipinski definition) is 0. The second-order valence-corrected chi connectivity index (χ2v) is 15.3. The summed E-state index contributed by atoms with van der Waals surface area (Å²) in [5, 5.41) is 5.19. The van der Waals surface area contributed by atoms with Crippen LogP contribution in [0.5, 0.6) is 0 Å². The summed E-state index contributed by atoms with van der Waals surface area (Å²) in [6, 6.07) is 67.8. The second kappa shape index (κ2) is 11.2. The highest BCUT2D eigenvalue weighted by Gasteiger charge is 2.36. The molecular formula is C53H36. The van der Waals surface area contributed by atoms with E-state index in [4.69, 9.17) is 0 Å². The van der Waals surface area contributed by atoms with Gasteiger partial charge in [0.2, 0.25) is 0 Å². The minimum Gasteiger partial charge on any atom is -0.0622 e. The zero-order chi connectivity index (χ0) is 35.3. The Labute approximate surface area is 310 Å². The van der Waals surface area contributed by atoms with Crippen LogP contribution in [0.15, 0.2) is 182 Å². The number of hydrogen-bond donors (Lipinski definition) is 0. The van der Waals surface area contributed by atoms with Crippen molar-refractivity contribution in [1.29, 1.82) is 0 Å². The first-order valence-corrected chi connectivity index (χ1v) is 18.7. The Hall–Kier alpha value is -6.50. The number of rotatable bonds is 4. The lowest BCUT2D eigenvalue weighted by atomic mass is 9.81. The van der Waals surface area contributed by atoms with E-state index in [-0.39, 0.29) is 5.41 Å². The zero-order valence-corrected chi connectivity index (χ0v) is 29.8. The molecule has 9 aromatic rings. The van der Waals surface area contributed by atoms with Crippen molar-refractivity contribution in [1.82, 2.24) is 0 Å². The minimum atomic E-state index is -0.0798. The predicted octanol–water partition coefficient (Wildman–Crippen LogP) is 14.6. The van der Waals surface area contributed by atoms with Crippen molar-refractivity contribution in [2.24, 2.45) is 0 Å². The zero-order valence-electron chi connectivity index (χ0n) is 29.8. The van der Waals surface area contributed by atoms with Crippen molar-refractivity contribution >= 4 is 21.5 Å². The third-order valence-electron chi connectivity index (χ3n) is 12.0. The molecule has 0 aromatic heterocycles. The van der Waals surface area contributed by atoms with E-state index < -0.39 is 0 Å². The Morgan fingerprint density at radius 1 is 0.283 bits per heavy atom. The van der Waals surface area contributed by atoms with E-state index in [9.17, 15) is 0 Å². The first-order chi connectivity index (χ1) is 26.0. The van der Waals surface area contributed by atoms with Crippen molar-refractivity contribution in [2.45, 2.75) is 19.3 Å². The van der Waals surface area contributed by atoms with Gasteiger partial charge >= 0.3 is 0 Å². The van der Waals surface area contributed by atoms with E-state index in [2.05, 4.69) is 196 Å². The molecule has 0 atom stereocenters. The first-order valence-electron chi connectivity index (χ1n) is 18.7. The highest BCUT2D eigenvalue weighted by molar-refractivity contribution is 6.18. The highest BCUT2D eigenvalue weighted by atomic mass is 14.4. The Morgan fingerprint density at radius 2 is 0.736 bits per heavy atom. The molecule has 0 unspecified atom stereocenters. The molecule has 248 valence electrons. The molecule has 0 radical (unpaired) electrons. The summed E-state index contributed by atoms with van der Waals surface area (Å²) in [5.41, 5.74) is 20.8. The molecule has 2 aliphatic carbocycles. The standard InChI is InChI=1S/C53H36/c1-53(2)50-31-39(33-10-4-3-5-11-33)22-24-45(50)46-25-23-40(32-51(46)53)38-21-20-36-28-35(18-19-37(36)29-38)34-12-8-13-41(30-34)42-26-27-49-44-15-7-6-14-43(44)48-17-9-16-47(42)52(48)49/h3-32H,1-2H3. The van der Waals surface area contributed by atoms with Gasteiger partial charge in [0.15, 0.2) is 0 Å². The average Bonchev–Trinajstić information content (AvgIpc) is 3.66. The molecule has 0 nitrogen and oxygen atoms in total. The van der Waals surface area contributed by atoms with Gasteiger partial charge in [0.1, 0.15) is 0 Å². The third-order valence-corrected chi connectivity index (χ3v) is 12.0. The van der Waals surface area contributed by atoms with Crippen LogP contribution in [0.4, 0.5) is 0 Å². The number of fused-ring (bicyclic) bond motifs is 7. The Kier molecular flexibility index (Phi) is 6.40. The van der Waals surface area contributed by atoms with Crippen LogP contribution < -0.4 is 0 Å². The molecule has 0 heterocycles. The van der Waals surface area contributed by atoms with Gasteiger partial charge in [0, 0.05) is 5.41 Å². The van der Waals surface area contributed by atoms with Crippen molar-refractivity contribution in [3.8, 4) is 77.9 Å². The van der Waals surface area contributed by atoms with Crippen molar-refractivity contribution in [3.63, 3.8) is 0 Å². The normalized spacial score (nSPS) is 13.2. The lowest BCUT2D eigenvalue weighted by Gasteiger charge is -2.22. The summed E-state index contributed by atoms with van der Waals surface area (Å²) in [6.45, 7) is 4.74. The molecule has 0 amide bonds. The first kappa shape index (κ1) is 30.2. The van der Waals surface area contributed by atoms with Gasteiger partial charge in [-0.1, -0.05) is 166 Å². The maximum Gasteiger partial charge on any atom is 0.0159 e. The van der Waals surface area contributed by atoms with E-state index in [1.54, 1.807) is 0 Å². The quantitative estimate of drug-likeness (QED) is 0.175. The van der Waals surface area contributed by atoms with Crippen LogP contribution in [-0.2, 0) is 5.41 Å². The third kappa shape index (κ3) is 4.55. The fourth-order valence-electron chi connectivity index (χ4n) is 9.26. The molecule has 0 aliphatic heterocycles. The molecule has 9 aromatic carbocycles. The molecule has 0 N–H and O–H groups in total. The average molecular weight is 673 g/mol. The summed E-state index contributed by atoms with van der Waals surface area (Å²) in [4.78, 5) is 0. The van der Waals surface area contributed by atoms with Crippen LogP contribution in [0.2, 0.25) is 0 Å². The van der Waals surface area contributed by atoms with E-state index in [1.165, 1.54) is 111 Å². The fourth-order valence-corrected chi connectivity index (χ4v) is 9.26. The smallest absolute Gasteiger partial charge is 0.0159 e. The maximum absolute atomic E-state index is 2.43. The Balaban J connectivity index is 0.920. The summed E-state index contributed by atoms with van der Waals surface area (Å²) < 4.78 is 0. The van der Waals surface area contributed by atoms with Gasteiger partial charge in [0.25, 0.3) is 0 Å². The lowest BCUT2D eigenvalue weighted by Crippen LogP contribution is -2.15. The van der Waals surface area contributed by atoms with E-state index in [0.717, 1.165) is 0 Å². The van der Waals surface area contributed by atoms with Gasteiger partial charge in [0.05, 0.1) is 0 Å². The monoisotopic (exact) mass is 672 g/mol. The summed E-state index contributed by atoms with van der Waals surface area (Å²) in [7, 11) is 0. The van der Waals surface area contributed by atoms with Crippen LogP contribution in [0.1, 0.15) is 25.0 Å². The van der Waals surface area contributed by atoms with Gasteiger partial charge in [-0.05, 0) is 141 Å². The summed E-state index contributed by atoms with van der Waals surface area (Å²) in [5.74, 6) is 0. The minimum absolute atomic E-state index is 0.0798. The van der Waals surface area contributed by atoms with E-state index >= 15 is 0 Å². The van der Waals surface area contributed by atoms with Crippen LogP contribution in [-0.4, -0.2) is 0 Å². The molecular weight excluding hydrogens is 637 g/mol. The van der Waals surface area contributed by atoms with Crippen LogP contribution >= 0.6 is 0 Å². The Bertz CT molecular complexity index is 2930. The van der Waals surface area contributed by atoms with Crippen molar-refractivity contribution < 1.29 is 0 Å².